The van der Waals surface area contributed by atoms with Gasteiger partial charge in [0, 0.05) is 25.1 Å². The molecule has 0 spiro atoms. The molecule has 0 fully saturated rings. The Bertz CT molecular complexity index is 1600. The molecule has 4 aromatic rings. The SMILES string of the molecule is C.CCC(=O)OCCCCCCCCCOc1ccc(N=Nc2cc3sc(N=Nc4ccc(N(CC)CCOC(=O)CC)cc4)nc3s2)cc1. The zero-order chi connectivity index (χ0) is 34.7. The fourth-order valence-electron chi connectivity index (χ4n) is 4.76. The van der Waals surface area contributed by atoms with Gasteiger partial charge in [-0.05, 0) is 74.4 Å². The number of aromatic nitrogens is 1. The van der Waals surface area contributed by atoms with E-state index in [1.54, 1.807) is 6.92 Å². The first kappa shape index (κ1) is 40.2. The summed E-state index contributed by atoms with van der Waals surface area (Å²) in [6, 6.07) is 17.4. The van der Waals surface area contributed by atoms with Gasteiger partial charge in [-0.2, -0.15) is 0 Å². The van der Waals surface area contributed by atoms with Crippen LogP contribution in [0.4, 0.5) is 27.2 Å². The van der Waals surface area contributed by atoms with Crippen molar-refractivity contribution in [2.75, 3.05) is 37.8 Å². The molecule has 0 saturated carbocycles. The van der Waals surface area contributed by atoms with Gasteiger partial charge in [-0.3, -0.25) is 9.59 Å². The van der Waals surface area contributed by atoms with Crippen molar-refractivity contribution < 1.29 is 23.8 Å². The second-order valence-electron chi connectivity index (χ2n) is 11.2. The van der Waals surface area contributed by atoms with Crippen molar-refractivity contribution in [3.05, 3.63) is 54.6 Å². The lowest BCUT2D eigenvalue weighted by Crippen LogP contribution is -2.27. The van der Waals surface area contributed by atoms with Crippen LogP contribution in [-0.2, 0) is 19.1 Å². The monoisotopic (exact) mass is 722 g/mol. The molecule has 0 atom stereocenters. The Morgan fingerprint density at radius 3 is 1.90 bits per heavy atom. The molecular weight excluding hydrogens is 673 g/mol. The maximum absolute atomic E-state index is 11.4. The Morgan fingerprint density at radius 2 is 1.28 bits per heavy atom. The van der Waals surface area contributed by atoms with Crippen LogP contribution in [0.5, 0.6) is 5.75 Å². The third-order valence-corrected chi connectivity index (χ3v) is 9.46. The quantitative estimate of drug-likeness (QED) is 0.0448. The van der Waals surface area contributed by atoms with Crippen molar-refractivity contribution in [3.8, 4) is 5.75 Å². The molecule has 11 nitrogen and oxygen atoms in total. The highest BCUT2D eigenvalue weighted by Gasteiger charge is 2.09. The van der Waals surface area contributed by atoms with Crippen molar-refractivity contribution >= 4 is 71.3 Å². The number of hydrogen-bond donors (Lipinski definition) is 0. The maximum atomic E-state index is 11.4. The van der Waals surface area contributed by atoms with Gasteiger partial charge in [0.05, 0.1) is 35.8 Å². The van der Waals surface area contributed by atoms with Crippen molar-refractivity contribution in [3.63, 3.8) is 0 Å². The van der Waals surface area contributed by atoms with E-state index in [4.69, 9.17) is 14.2 Å². The van der Waals surface area contributed by atoms with Crippen LogP contribution in [-0.4, -0.2) is 49.8 Å². The second kappa shape index (κ2) is 22.5. The molecule has 2 aromatic heterocycles. The summed E-state index contributed by atoms with van der Waals surface area (Å²) in [5.74, 6) is 0.528. The number of likely N-dealkylation sites (N-methyl/N-ethyl adjacent to an activating group) is 1. The largest absolute Gasteiger partial charge is 0.494 e. The molecule has 0 aliphatic heterocycles. The van der Waals surface area contributed by atoms with E-state index in [1.807, 2.05) is 61.5 Å². The number of azo groups is 2. The molecule has 270 valence electrons. The van der Waals surface area contributed by atoms with E-state index in [-0.39, 0.29) is 19.4 Å². The average molecular weight is 723 g/mol. The molecule has 0 saturated heterocycles. The predicted molar refractivity (Wildman–Crippen MR) is 204 cm³/mol. The summed E-state index contributed by atoms with van der Waals surface area (Å²) < 4.78 is 17.2. The third kappa shape index (κ3) is 13.9. The highest BCUT2D eigenvalue weighted by atomic mass is 32.1. The molecule has 2 aromatic carbocycles. The lowest BCUT2D eigenvalue weighted by molar-refractivity contribution is -0.144. The molecule has 13 heteroatoms. The lowest BCUT2D eigenvalue weighted by atomic mass is 10.1. The summed E-state index contributed by atoms with van der Waals surface area (Å²) in [6.45, 7) is 8.70. The molecule has 4 rings (SSSR count). The summed E-state index contributed by atoms with van der Waals surface area (Å²) in [7, 11) is 0. The van der Waals surface area contributed by atoms with E-state index in [0.717, 1.165) is 69.6 Å². The molecular formula is C37H50N6O5S2. The number of carbonyl (C=O) groups is 2. The smallest absolute Gasteiger partial charge is 0.305 e. The molecule has 0 amide bonds. The number of nitrogens with zero attached hydrogens (tertiary/aromatic N) is 6. The number of fused-ring (bicyclic) bond motifs is 1. The fraction of sp³-hybridized carbons (Fsp3) is 0.486. The molecule has 0 unspecified atom stereocenters. The number of rotatable bonds is 22. The van der Waals surface area contributed by atoms with Crippen LogP contribution in [0, 0.1) is 0 Å². The van der Waals surface area contributed by atoms with Gasteiger partial charge in [0.1, 0.15) is 22.2 Å². The molecule has 0 N–H and O–H groups in total. The molecule has 0 radical (unpaired) electrons. The molecule has 0 aliphatic rings. The van der Waals surface area contributed by atoms with Gasteiger partial charge in [-0.1, -0.05) is 76.1 Å². The van der Waals surface area contributed by atoms with E-state index in [0.29, 0.717) is 44.3 Å². The predicted octanol–water partition coefficient (Wildman–Crippen LogP) is 11.7. The van der Waals surface area contributed by atoms with Crippen LogP contribution in [0.25, 0.3) is 9.53 Å². The van der Waals surface area contributed by atoms with E-state index in [2.05, 4.69) is 37.3 Å². The van der Waals surface area contributed by atoms with Crippen LogP contribution in [0.1, 0.15) is 86.0 Å². The first-order valence-corrected chi connectivity index (χ1v) is 18.7. The number of hydrogen-bond acceptors (Lipinski definition) is 13. The Labute approximate surface area is 303 Å². The van der Waals surface area contributed by atoms with E-state index in [1.165, 1.54) is 41.9 Å². The van der Waals surface area contributed by atoms with Gasteiger partial charge in [0.2, 0.25) is 5.13 Å². The van der Waals surface area contributed by atoms with Gasteiger partial charge in [-0.15, -0.1) is 20.5 Å². The first-order chi connectivity index (χ1) is 24.0. The summed E-state index contributed by atoms with van der Waals surface area (Å²) in [6.07, 6.45) is 8.60. The van der Waals surface area contributed by atoms with E-state index < -0.39 is 0 Å². The summed E-state index contributed by atoms with van der Waals surface area (Å²) >= 11 is 2.92. The number of unbranched alkanes of at least 4 members (excludes halogenated alkanes) is 6. The number of esters is 2. The second-order valence-corrected chi connectivity index (χ2v) is 13.2. The summed E-state index contributed by atoms with van der Waals surface area (Å²) in [5.41, 5.74) is 2.52. The highest BCUT2D eigenvalue weighted by Crippen LogP contribution is 2.39. The van der Waals surface area contributed by atoms with E-state index in [9.17, 15) is 9.59 Å². The van der Waals surface area contributed by atoms with Gasteiger partial charge >= 0.3 is 11.9 Å². The van der Waals surface area contributed by atoms with Gasteiger partial charge < -0.3 is 19.1 Å². The van der Waals surface area contributed by atoms with Crippen LogP contribution < -0.4 is 9.64 Å². The van der Waals surface area contributed by atoms with Crippen LogP contribution in [0.3, 0.4) is 0 Å². The van der Waals surface area contributed by atoms with Crippen molar-refractivity contribution in [1.82, 2.24) is 4.98 Å². The fourth-order valence-corrected chi connectivity index (χ4v) is 6.61. The standard InChI is InChI=1S/C36H46N6O5S2.CH4/c1-4-33(43)46-24-13-11-9-7-8-10-12-23-45-30-20-16-28(17-21-30)38-40-32-26-31-35(49-32)37-36(48-31)41-39-27-14-18-29(19-15-27)42(6-3)22-25-47-34(44)5-2;/h14-21,26H,4-13,22-25H2,1-3H3;1H4. The Hall–Kier alpha value is -4.23. The Balaban J connectivity index is 0.00000676. The molecule has 0 bridgehead atoms. The number of thiophene rings is 1. The molecule has 50 heavy (non-hydrogen) atoms. The van der Waals surface area contributed by atoms with Gasteiger partial charge in [0.15, 0.2) is 0 Å². The average Bonchev–Trinajstić information content (AvgIpc) is 3.70. The van der Waals surface area contributed by atoms with Gasteiger partial charge in [-0.25, -0.2) is 4.98 Å². The highest BCUT2D eigenvalue weighted by molar-refractivity contribution is 7.30. The normalized spacial score (nSPS) is 11.3. The minimum absolute atomic E-state index is 0. The number of carbonyl (C=O) groups excluding carboxylic acids is 2. The summed E-state index contributed by atoms with van der Waals surface area (Å²) in [5, 5.41) is 18.8. The first-order valence-electron chi connectivity index (χ1n) is 17.1. The maximum Gasteiger partial charge on any atom is 0.305 e. The Morgan fingerprint density at radius 1 is 0.700 bits per heavy atom. The summed E-state index contributed by atoms with van der Waals surface area (Å²) in [4.78, 5) is 30.1. The number of ether oxygens (including phenoxy) is 3. The lowest BCUT2D eigenvalue weighted by Gasteiger charge is -2.22. The Kier molecular flexibility index (Phi) is 18.1. The van der Waals surface area contributed by atoms with Crippen molar-refractivity contribution in [2.24, 2.45) is 20.5 Å². The zero-order valence-electron chi connectivity index (χ0n) is 28.6. The molecule has 0 aliphatic carbocycles. The topological polar surface area (TPSA) is 127 Å². The van der Waals surface area contributed by atoms with Crippen molar-refractivity contribution in [1.29, 1.82) is 0 Å². The van der Waals surface area contributed by atoms with Crippen LogP contribution >= 0.6 is 22.7 Å². The van der Waals surface area contributed by atoms with Crippen LogP contribution in [0.2, 0.25) is 0 Å². The number of anilines is 1. The zero-order valence-corrected chi connectivity index (χ0v) is 30.3. The minimum Gasteiger partial charge on any atom is -0.494 e. The van der Waals surface area contributed by atoms with Crippen molar-refractivity contribution in [2.45, 2.75) is 86.0 Å². The number of thiazole rings is 1. The molecule has 2 heterocycles. The van der Waals surface area contributed by atoms with Gasteiger partial charge in [0.25, 0.3) is 0 Å². The van der Waals surface area contributed by atoms with E-state index >= 15 is 0 Å². The minimum atomic E-state index is -0.186. The third-order valence-electron chi connectivity index (χ3n) is 7.54. The number of benzene rings is 2. The van der Waals surface area contributed by atoms with Crippen LogP contribution in [0.15, 0.2) is 75.1 Å².